The van der Waals surface area contributed by atoms with Gasteiger partial charge in [-0.15, -0.1) is 0 Å². The summed E-state index contributed by atoms with van der Waals surface area (Å²) in [5.74, 6) is -0.776. The lowest BCUT2D eigenvalue weighted by Crippen LogP contribution is -2.46. The van der Waals surface area contributed by atoms with E-state index in [2.05, 4.69) is 26.2 Å². The maximum atomic E-state index is 11.5. The molecule has 0 amide bonds. The van der Waals surface area contributed by atoms with E-state index in [-0.39, 0.29) is 17.5 Å². The number of carboxylic acid groups (broad SMARTS) is 1. The molecule has 1 aliphatic rings. The van der Waals surface area contributed by atoms with Crippen LogP contribution >= 0.6 is 15.9 Å². The maximum Gasteiger partial charge on any atom is 0.312 e. The normalized spacial score (nSPS) is 25.3. The number of hydrogen-bond donors (Lipinski definition) is 2. The van der Waals surface area contributed by atoms with Gasteiger partial charge in [0.2, 0.25) is 5.82 Å². The number of pyridine rings is 1. The Morgan fingerprint density at radius 2 is 2.33 bits per heavy atom. The zero-order chi connectivity index (χ0) is 15.6. The topological polar surface area (TPSA) is 105 Å². The second-order valence-electron chi connectivity index (χ2n) is 5.44. The lowest BCUT2D eigenvalue weighted by molar-refractivity contribution is -0.384. The van der Waals surface area contributed by atoms with Crippen LogP contribution < -0.4 is 5.32 Å². The number of hydrogen-bond acceptors (Lipinski definition) is 5. The quantitative estimate of drug-likeness (QED) is 0.633. The smallest absolute Gasteiger partial charge is 0.312 e. The minimum absolute atomic E-state index is 0.113. The fourth-order valence-corrected chi connectivity index (χ4v) is 2.98. The third kappa shape index (κ3) is 3.15. The van der Waals surface area contributed by atoms with Gasteiger partial charge >= 0.3 is 11.7 Å². The fourth-order valence-electron chi connectivity index (χ4n) is 2.66. The Kier molecular flexibility index (Phi) is 4.46. The Morgan fingerprint density at radius 1 is 1.62 bits per heavy atom. The molecule has 0 spiro atoms. The molecule has 2 unspecified atom stereocenters. The standard InChI is InChI=1S/C13H16BrN3O4/c1-13(12(18)19)5-3-2-4-10(13)16-11-9(17(20)21)6-8(14)7-15-11/h6-7,10H,2-5H2,1H3,(H,15,16)(H,18,19). The Bertz CT molecular complexity index is 581. The molecule has 8 heteroatoms. The van der Waals surface area contributed by atoms with E-state index < -0.39 is 16.3 Å². The Balaban J connectivity index is 2.32. The van der Waals surface area contributed by atoms with Crippen molar-refractivity contribution in [3.8, 4) is 0 Å². The van der Waals surface area contributed by atoms with E-state index in [1.807, 2.05) is 0 Å². The SMILES string of the molecule is CC1(C(=O)O)CCCCC1Nc1ncc(Br)cc1[N+](=O)[O-]. The summed E-state index contributed by atoms with van der Waals surface area (Å²) in [5.41, 5.74) is -1.11. The van der Waals surface area contributed by atoms with Gasteiger partial charge in [0.1, 0.15) is 0 Å². The predicted octanol–water partition coefficient (Wildman–Crippen LogP) is 3.20. The van der Waals surface area contributed by atoms with Crippen LogP contribution in [0.1, 0.15) is 32.6 Å². The first-order valence-corrected chi connectivity index (χ1v) is 7.44. The number of carbonyl (C=O) groups is 1. The number of anilines is 1. The highest BCUT2D eigenvalue weighted by atomic mass is 79.9. The number of nitro groups is 1. The van der Waals surface area contributed by atoms with Crippen LogP contribution in [0.5, 0.6) is 0 Å². The first-order valence-electron chi connectivity index (χ1n) is 6.64. The number of rotatable bonds is 4. The summed E-state index contributed by atoms with van der Waals surface area (Å²) in [7, 11) is 0. The molecule has 1 saturated carbocycles. The van der Waals surface area contributed by atoms with Crippen molar-refractivity contribution < 1.29 is 14.8 Å². The highest BCUT2D eigenvalue weighted by Crippen LogP contribution is 2.39. The van der Waals surface area contributed by atoms with E-state index in [0.29, 0.717) is 17.3 Å². The summed E-state index contributed by atoms with van der Waals surface area (Å²) >= 11 is 3.15. The lowest BCUT2D eigenvalue weighted by atomic mass is 9.71. The van der Waals surface area contributed by atoms with Crippen LogP contribution in [0.4, 0.5) is 11.5 Å². The molecular weight excluding hydrogens is 342 g/mol. The molecule has 2 rings (SSSR count). The van der Waals surface area contributed by atoms with Crippen LogP contribution in [0.15, 0.2) is 16.7 Å². The van der Waals surface area contributed by atoms with Crippen LogP contribution in [0.3, 0.4) is 0 Å². The molecule has 1 aromatic rings. The Morgan fingerprint density at radius 3 is 2.95 bits per heavy atom. The molecule has 0 saturated heterocycles. The van der Waals surface area contributed by atoms with Crippen molar-refractivity contribution in [3.63, 3.8) is 0 Å². The van der Waals surface area contributed by atoms with Gasteiger partial charge < -0.3 is 10.4 Å². The van der Waals surface area contributed by atoms with Gasteiger partial charge in [0, 0.05) is 22.8 Å². The minimum Gasteiger partial charge on any atom is -0.481 e. The van der Waals surface area contributed by atoms with E-state index in [4.69, 9.17) is 0 Å². The summed E-state index contributed by atoms with van der Waals surface area (Å²) in [6.45, 7) is 1.68. The van der Waals surface area contributed by atoms with Gasteiger partial charge in [-0.2, -0.15) is 0 Å². The fraction of sp³-hybridized carbons (Fsp3) is 0.538. The second-order valence-corrected chi connectivity index (χ2v) is 6.36. The highest BCUT2D eigenvalue weighted by molar-refractivity contribution is 9.10. The molecule has 0 aromatic carbocycles. The summed E-state index contributed by atoms with van der Waals surface area (Å²) in [4.78, 5) is 26.1. The molecule has 21 heavy (non-hydrogen) atoms. The summed E-state index contributed by atoms with van der Waals surface area (Å²) in [5, 5.41) is 23.5. The zero-order valence-electron chi connectivity index (χ0n) is 11.5. The van der Waals surface area contributed by atoms with E-state index in [9.17, 15) is 20.0 Å². The number of halogens is 1. The van der Waals surface area contributed by atoms with Crippen LogP contribution in [0.25, 0.3) is 0 Å². The van der Waals surface area contributed by atoms with Crippen molar-refractivity contribution in [1.29, 1.82) is 0 Å². The van der Waals surface area contributed by atoms with E-state index in [1.165, 1.54) is 12.3 Å². The number of nitrogens with zero attached hydrogens (tertiary/aromatic N) is 2. The van der Waals surface area contributed by atoms with Crippen LogP contribution in [0, 0.1) is 15.5 Å². The lowest BCUT2D eigenvalue weighted by Gasteiger charge is -2.38. The molecule has 2 N–H and O–H groups in total. The number of nitrogens with one attached hydrogen (secondary N) is 1. The van der Waals surface area contributed by atoms with Crippen LogP contribution in [0.2, 0.25) is 0 Å². The first-order chi connectivity index (χ1) is 9.84. The minimum atomic E-state index is -0.944. The van der Waals surface area contributed by atoms with Crippen molar-refractivity contribution in [2.24, 2.45) is 5.41 Å². The molecule has 2 atom stereocenters. The average Bonchev–Trinajstić information content (AvgIpc) is 2.42. The zero-order valence-corrected chi connectivity index (χ0v) is 13.1. The maximum absolute atomic E-state index is 11.5. The molecule has 0 bridgehead atoms. The third-order valence-electron chi connectivity index (χ3n) is 4.04. The molecule has 114 valence electrons. The van der Waals surface area contributed by atoms with Crippen molar-refractivity contribution in [3.05, 3.63) is 26.9 Å². The first kappa shape index (κ1) is 15.7. The van der Waals surface area contributed by atoms with E-state index in [1.54, 1.807) is 6.92 Å². The third-order valence-corrected chi connectivity index (χ3v) is 4.47. The molecule has 0 radical (unpaired) electrons. The van der Waals surface area contributed by atoms with E-state index in [0.717, 1.165) is 12.8 Å². The predicted molar refractivity (Wildman–Crippen MR) is 80.2 cm³/mol. The second kappa shape index (κ2) is 5.97. The highest BCUT2D eigenvalue weighted by Gasteiger charge is 2.44. The molecule has 7 nitrogen and oxygen atoms in total. The molecule has 1 heterocycles. The van der Waals surface area contributed by atoms with Gasteiger partial charge in [-0.25, -0.2) is 4.98 Å². The molecule has 1 aliphatic carbocycles. The summed E-state index contributed by atoms with van der Waals surface area (Å²) in [6.07, 6.45) is 4.39. The molecule has 1 fully saturated rings. The number of aromatic nitrogens is 1. The van der Waals surface area contributed by atoms with Crippen molar-refractivity contribution in [2.45, 2.75) is 38.6 Å². The van der Waals surface area contributed by atoms with Gasteiger partial charge in [-0.05, 0) is 35.7 Å². The van der Waals surface area contributed by atoms with Crippen molar-refractivity contribution in [2.75, 3.05) is 5.32 Å². The van der Waals surface area contributed by atoms with Crippen LogP contribution in [-0.2, 0) is 4.79 Å². The van der Waals surface area contributed by atoms with E-state index >= 15 is 0 Å². The molecule has 0 aliphatic heterocycles. The molecular formula is C13H16BrN3O4. The monoisotopic (exact) mass is 357 g/mol. The van der Waals surface area contributed by atoms with Gasteiger partial charge in [-0.3, -0.25) is 14.9 Å². The van der Waals surface area contributed by atoms with Gasteiger partial charge in [-0.1, -0.05) is 12.8 Å². The van der Waals surface area contributed by atoms with Crippen molar-refractivity contribution >= 4 is 33.4 Å². The van der Waals surface area contributed by atoms with Crippen LogP contribution in [-0.4, -0.2) is 27.0 Å². The van der Waals surface area contributed by atoms with Gasteiger partial charge in [0.25, 0.3) is 0 Å². The van der Waals surface area contributed by atoms with Crippen molar-refractivity contribution in [1.82, 2.24) is 4.98 Å². The largest absolute Gasteiger partial charge is 0.481 e. The Hall–Kier alpha value is -1.70. The average molecular weight is 358 g/mol. The molecule has 1 aromatic heterocycles. The summed E-state index contributed by atoms with van der Waals surface area (Å²) < 4.78 is 0.504. The van der Waals surface area contributed by atoms with Gasteiger partial charge in [0.05, 0.1) is 10.3 Å². The number of carboxylic acids is 1. The Labute approximate surface area is 130 Å². The van der Waals surface area contributed by atoms with Gasteiger partial charge in [0.15, 0.2) is 0 Å². The summed E-state index contributed by atoms with van der Waals surface area (Å²) in [6, 6.07) is 0.979. The number of aliphatic carboxylic acids is 1.